The van der Waals surface area contributed by atoms with Crippen molar-refractivity contribution < 1.29 is 55.2 Å². The maximum Gasteiger partial charge on any atom is 0.313 e. The summed E-state index contributed by atoms with van der Waals surface area (Å²) >= 11 is 1.14. The number of nitrogens with zero attached hydrogens (tertiary/aromatic N) is 12. The maximum atomic E-state index is 11.9. The Hall–Kier alpha value is -6.41. The van der Waals surface area contributed by atoms with Gasteiger partial charge >= 0.3 is 20.2 Å². The first-order valence-electron chi connectivity index (χ1n) is 19.9. The molecule has 30 heteroatoms. The second-order valence-electron chi connectivity index (χ2n) is 13.3. The molecule has 67 heavy (non-hydrogen) atoms. The molecule has 0 aliphatic heterocycles. The third-order valence-electron chi connectivity index (χ3n) is 9.35. The van der Waals surface area contributed by atoms with Crippen LogP contribution in [0.15, 0.2) is 54.8 Å². The quantitative estimate of drug-likeness (QED) is 0.0231. The van der Waals surface area contributed by atoms with E-state index in [-0.39, 0.29) is 89.7 Å². The Labute approximate surface area is 392 Å². The third-order valence-corrected chi connectivity index (χ3v) is 12.9. The van der Waals surface area contributed by atoms with Crippen LogP contribution in [0.25, 0.3) is 0 Å². The molecule has 0 saturated heterocycles. The molecule has 0 radical (unpaired) electrons. The fraction of sp³-hybridized carbons (Fsp3) is 0.378. The number of nitrogens with one attached hydrogen (secondary N) is 2. The molecule has 26 nitrogen and oxygen atoms in total. The number of hydrogen-bond donors (Lipinski definition) is 6. The van der Waals surface area contributed by atoms with Gasteiger partial charge in [0.1, 0.15) is 32.6 Å². The highest BCUT2D eigenvalue weighted by Crippen LogP contribution is 2.43. The van der Waals surface area contributed by atoms with Gasteiger partial charge in [-0.1, -0.05) is 22.7 Å². The first kappa shape index (κ1) is 51.6. The molecule has 0 fully saturated rings. The Balaban J connectivity index is 1.72. The normalized spacial score (nSPS) is 11.9. The summed E-state index contributed by atoms with van der Waals surface area (Å²) < 4.78 is 78.2. The topological polar surface area (TPSA) is 349 Å². The summed E-state index contributed by atoms with van der Waals surface area (Å²) in [5, 5.41) is 40.7. The lowest BCUT2D eigenvalue weighted by Crippen LogP contribution is -2.31. The van der Waals surface area contributed by atoms with Crippen LogP contribution in [-0.4, -0.2) is 140 Å². The second-order valence-corrected chi connectivity index (χ2v) is 18.0. The number of aromatic nitrogens is 5. The van der Waals surface area contributed by atoms with Crippen molar-refractivity contribution >= 4 is 118 Å². The van der Waals surface area contributed by atoms with Crippen LogP contribution in [0, 0.1) is 0 Å². The van der Waals surface area contributed by atoms with Crippen LogP contribution in [0.3, 0.4) is 0 Å². The highest BCUT2D eigenvalue weighted by molar-refractivity contribution is 7.86. The van der Waals surface area contributed by atoms with Crippen LogP contribution in [0.5, 0.6) is 11.5 Å². The predicted octanol–water partition coefficient (Wildman–Crippen LogP) is 5.72. The number of methoxy groups -OCH3 is 2. The van der Waals surface area contributed by atoms with Crippen LogP contribution >= 0.6 is 22.7 Å². The highest BCUT2D eigenvalue weighted by Gasteiger charge is 2.25. The van der Waals surface area contributed by atoms with E-state index in [1.165, 1.54) is 31.3 Å². The summed E-state index contributed by atoms with van der Waals surface area (Å²) in [5.41, 5.74) is 1.83. The van der Waals surface area contributed by atoms with E-state index < -0.39 is 40.0 Å². The van der Waals surface area contributed by atoms with E-state index in [0.29, 0.717) is 71.7 Å². The SMILES string of the molecule is CCN(CC)c1cc(Nc2nc(Nc3cc(N(CC)CC)c(OC)cc3/N=N/c3nc(S(=O)(=O)O)c(C=O)s3)nc(N(CCO)CCO)n2)c(/N=N/c2nc(S(=O)(=O)O)c(C=O)s2)cc1OC. The van der Waals surface area contributed by atoms with Gasteiger partial charge in [0, 0.05) is 51.4 Å². The van der Waals surface area contributed by atoms with Crippen molar-refractivity contribution in [3.8, 4) is 11.5 Å². The van der Waals surface area contributed by atoms with Crippen molar-refractivity contribution in [3.05, 3.63) is 34.0 Å². The smallest absolute Gasteiger partial charge is 0.313 e. The Morgan fingerprint density at radius 2 is 1.00 bits per heavy atom. The van der Waals surface area contributed by atoms with Gasteiger partial charge in [0.05, 0.1) is 50.2 Å². The number of carbonyl (C=O) groups excluding carboxylic acids is 2. The molecule has 0 amide bonds. The molecule has 0 saturated carbocycles. The van der Waals surface area contributed by atoms with Gasteiger partial charge in [-0.2, -0.15) is 31.8 Å². The zero-order valence-corrected chi connectivity index (χ0v) is 39.9. The van der Waals surface area contributed by atoms with Crippen molar-refractivity contribution in [1.29, 1.82) is 0 Å². The van der Waals surface area contributed by atoms with E-state index in [2.05, 4.69) is 56.0 Å². The number of benzene rings is 2. The molecule has 3 aromatic heterocycles. The summed E-state index contributed by atoms with van der Waals surface area (Å²) in [5.74, 6) is 0.478. The van der Waals surface area contributed by atoms with Crippen LogP contribution in [0.2, 0.25) is 0 Å². The van der Waals surface area contributed by atoms with Gasteiger partial charge in [-0.05, 0) is 39.8 Å². The van der Waals surface area contributed by atoms with Gasteiger partial charge in [-0.3, -0.25) is 18.7 Å². The number of hydrogen-bond acceptors (Lipinski definition) is 26. The Bertz CT molecular complexity index is 2670. The second kappa shape index (κ2) is 22.9. The molecule has 0 unspecified atom stereocenters. The first-order chi connectivity index (χ1) is 32.0. The zero-order chi connectivity index (χ0) is 49.1. The van der Waals surface area contributed by atoms with Crippen molar-refractivity contribution in [2.75, 3.05) is 92.0 Å². The molecule has 6 N–H and O–H groups in total. The fourth-order valence-electron chi connectivity index (χ4n) is 6.25. The summed E-state index contributed by atoms with van der Waals surface area (Å²) in [7, 11) is -6.84. The molecule has 0 bridgehead atoms. The molecule has 5 aromatic rings. The minimum Gasteiger partial charge on any atom is -0.494 e. The van der Waals surface area contributed by atoms with Gasteiger partial charge < -0.3 is 45.0 Å². The maximum absolute atomic E-state index is 11.9. The minimum atomic E-state index is -4.87. The molecule has 360 valence electrons. The average molecular weight is 1010 g/mol. The zero-order valence-electron chi connectivity index (χ0n) is 36.7. The average Bonchev–Trinajstić information content (AvgIpc) is 3.94. The Kier molecular flexibility index (Phi) is 17.6. The fourth-order valence-corrected chi connectivity index (χ4v) is 9.45. The molecular formula is C37H46N14O12S4. The summed E-state index contributed by atoms with van der Waals surface area (Å²) in [6.07, 6.45) is 0.427. The van der Waals surface area contributed by atoms with E-state index >= 15 is 0 Å². The number of aliphatic hydroxyl groups excluding tert-OH is 2. The first-order valence-corrected chi connectivity index (χ1v) is 24.4. The number of rotatable bonds is 25. The molecule has 3 heterocycles. The number of carbonyl (C=O) groups is 2. The molecule has 0 atom stereocenters. The van der Waals surface area contributed by atoms with E-state index in [4.69, 9.17) is 9.47 Å². The molecule has 0 aliphatic rings. The third kappa shape index (κ3) is 12.5. The highest BCUT2D eigenvalue weighted by atomic mass is 32.2. The van der Waals surface area contributed by atoms with Gasteiger partial charge in [0.2, 0.25) is 38.2 Å². The van der Waals surface area contributed by atoms with Gasteiger partial charge in [-0.25, -0.2) is 9.97 Å². The van der Waals surface area contributed by atoms with E-state index in [1.807, 2.05) is 37.5 Å². The van der Waals surface area contributed by atoms with Crippen molar-refractivity contribution in [2.45, 2.75) is 37.7 Å². The summed E-state index contributed by atoms with van der Waals surface area (Å²) in [6.45, 7) is 9.22. The van der Waals surface area contributed by atoms with Crippen LogP contribution in [-0.2, 0) is 20.2 Å². The lowest BCUT2D eigenvalue weighted by molar-refractivity contribution is 0.111. The number of ether oxygens (including phenoxy) is 2. The van der Waals surface area contributed by atoms with Crippen LogP contribution < -0.4 is 34.8 Å². The molecule has 5 rings (SSSR count). The predicted molar refractivity (Wildman–Crippen MR) is 249 cm³/mol. The number of anilines is 7. The van der Waals surface area contributed by atoms with E-state index in [1.54, 1.807) is 12.1 Å². The standard InChI is InChI=1S/C37H46N14O12S4/c1-7-49(8-2)25-15-21(23(17-27(25)62-5)45-47-36-40-31(66(56,57)58)29(19-54)64-36)38-33-42-34(44-35(43-33)51(11-13-52)12-14-53)39-22-16-26(50(9-3)10-4)28(63-6)18-24(22)46-48-37-41-32(67(59,60)61)30(20-55)65-37/h15-20,52-53H,7-14H2,1-6H3,(H,56,57,58)(H,59,60,61)(H2,38,39,42,43,44)/b47-45+,48-46+. The van der Waals surface area contributed by atoms with Gasteiger partial charge in [0.25, 0.3) is 0 Å². The lowest BCUT2D eigenvalue weighted by Gasteiger charge is -2.25. The molecular weight excluding hydrogens is 961 g/mol. The molecule has 0 spiro atoms. The van der Waals surface area contributed by atoms with E-state index in [9.17, 15) is 45.7 Å². The summed E-state index contributed by atoms with van der Waals surface area (Å²) in [6, 6.07) is 6.42. The van der Waals surface area contributed by atoms with E-state index in [0.717, 1.165) is 0 Å². The summed E-state index contributed by atoms with van der Waals surface area (Å²) in [4.78, 5) is 49.3. The Morgan fingerprint density at radius 3 is 1.30 bits per heavy atom. The number of thiazole rings is 2. The largest absolute Gasteiger partial charge is 0.494 e. The monoisotopic (exact) mass is 1010 g/mol. The van der Waals surface area contributed by atoms with Gasteiger partial charge in [0.15, 0.2) is 12.6 Å². The molecule has 0 aliphatic carbocycles. The van der Waals surface area contributed by atoms with Crippen LogP contribution in [0.1, 0.15) is 47.0 Å². The van der Waals surface area contributed by atoms with Crippen molar-refractivity contribution in [2.24, 2.45) is 20.5 Å². The van der Waals surface area contributed by atoms with Gasteiger partial charge in [-0.15, -0.1) is 20.5 Å². The number of azo groups is 2. The molecule has 2 aromatic carbocycles. The Morgan fingerprint density at radius 1 is 0.612 bits per heavy atom. The van der Waals surface area contributed by atoms with Crippen molar-refractivity contribution in [3.63, 3.8) is 0 Å². The van der Waals surface area contributed by atoms with Crippen molar-refractivity contribution in [1.82, 2.24) is 24.9 Å². The van der Waals surface area contributed by atoms with Crippen LogP contribution in [0.4, 0.5) is 62.2 Å². The number of aldehydes is 2. The lowest BCUT2D eigenvalue weighted by atomic mass is 10.2. The number of aliphatic hydroxyl groups is 2. The minimum absolute atomic E-state index is 0.0179.